The third-order valence-electron chi connectivity index (χ3n) is 2.79. The third kappa shape index (κ3) is 2.74. The number of halogens is 1. The highest BCUT2D eigenvalue weighted by Crippen LogP contribution is 2.24. The van der Waals surface area contributed by atoms with E-state index in [2.05, 4.69) is 10.3 Å². The van der Waals surface area contributed by atoms with Gasteiger partial charge in [-0.3, -0.25) is 0 Å². The maximum absolute atomic E-state index is 9.71. The molecular weight excluding hydrogens is 248 g/mol. The monoisotopic (exact) mass is 262 g/mol. The van der Waals surface area contributed by atoms with Crippen molar-refractivity contribution >= 4 is 17.3 Å². The van der Waals surface area contributed by atoms with Crippen molar-refractivity contribution < 1.29 is 5.11 Å². The first-order chi connectivity index (χ1) is 8.58. The van der Waals surface area contributed by atoms with Crippen molar-refractivity contribution in [2.75, 3.05) is 5.32 Å². The second kappa shape index (κ2) is 5.27. The molecule has 3 nitrogen and oxygen atoms in total. The largest absolute Gasteiger partial charge is 0.507 e. The van der Waals surface area contributed by atoms with Gasteiger partial charge in [-0.2, -0.15) is 0 Å². The average molecular weight is 263 g/mol. The molecule has 0 spiro atoms. The van der Waals surface area contributed by atoms with Crippen molar-refractivity contribution in [2.45, 2.75) is 20.4 Å². The molecule has 18 heavy (non-hydrogen) atoms. The summed E-state index contributed by atoms with van der Waals surface area (Å²) in [4.78, 5) is 4.00. The Kier molecular flexibility index (Phi) is 3.72. The summed E-state index contributed by atoms with van der Waals surface area (Å²) in [5.41, 5.74) is 3.67. The smallest absolute Gasteiger partial charge is 0.152 e. The quantitative estimate of drug-likeness (QED) is 0.830. The number of aromatic nitrogens is 1. The van der Waals surface area contributed by atoms with Crippen LogP contribution in [0, 0.1) is 13.8 Å². The Hall–Kier alpha value is -1.74. The number of nitrogens with one attached hydrogen (secondary N) is 1. The summed E-state index contributed by atoms with van der Waals surface area (Å²) >= 11 is 5.96. The van der Waals surface area contributed by atoms with Crippen LogP contribution >= 0.6 is 11.6 Å². The minimum atomic E-state index is 0.359. The molecule has 2 aromatic rings. The number of pyridine rings is 1. The van der Waals surface area contributed by atoms with Crippen LogP contribution in [0.4, 0.5) is 5.69 Å². The molecule has 0 saturated heterocycles. The number of phenols is 1. The molecule has 0 amide bonds. The summed E-state index contributed by atoms with van der Waals surface area (Å²) in [5, 5.41) is 13.4. The van der Waals surface area contributed by atoms with Gasteiger partial charge < -0.3 is 10.4 Å². The van der Waals surface area contributed by atoms with Crippen molar-refractivity contribution in [3.8, 4) is 5.75 Å². The van der Waals surface area contributed by atoms with Crippen LogP contribution in [-0.4, -0.2) is 10.1 Å². The van der Waals surface area contributed by atoms with Gasteiger partial charge >= 0.3 is 0 Å². The predicted octanol–water partition coefficient (Wildman–Crippen LogP) is 3.67. The normalized spacial score (nSPS) is 10.4. The Balaban J connectivity index is 2.14. The van der Waals surface area contributed by atoms with E-state index in [0.29, 0.717) is 17.4 Å². The molecule has 0 radical (unpaired) electrons. The highest BCUT2D eigenvalue weighted by molar-refractivity contribution is 6.31. The number of aromatic hydroxyl groups is 1. The number of anilines is 1. The van der Waals surface area contributed by atoms with Crippen LogP contribution in [0.15, 0.2) is 30.5 Å². The van der Waals surface area contributed by atoms with Gasteiger partial charge in [0.1, 0.15) is 5.75 Å². The fraction of sp³-hybridized carbons (Fsp3) is 0.214. The van der Waals surface area contributed by atoms with Gasteiger partial charge in [-0.15, -0.1) is 0 Å². The second-order valence-corrected chi connectivity index (χ2v) is 4.63. The number of hydrogen-bond acceptors (Lipinski definition) is 3. The minimum absolute atomic E-state index is 0.359. The standard InChI is InChI=1S/C14H15ClN2O/c1-9-6-11(7-10(2)13(9)18)8-17-12-4-3-5-16-14(12)15/h3-7,17-18H,8H2,1-2H3. The van der Waals surface area contributed by atoms with Gasteiger partial charge in [0.2, 0.25) is 0 Å². The molecule has 0 atom stereocenters. The number of rotatable bonds is 3. The predicted molar refractivity (Wildman–Crippen MR) is 74.2 cm³/mol. The van der Waals surface area contributed by atoms with Gasteiger partial charge in [0, 0.05) is 12.7 Å². The van der Waals surface area contributed by atoms with E-state index in [0.717, 1.165) is 22.4 Å². The van der Waals surface area contributed by atoms with Crippen molar-refractivity contribution in [1.82, 2.24) is 4.98 Å². The van der Waals surface area contributed by atoms with E-state index < -0.39 is 0 Å². The van der Waals surface area contributed by atoms with Gasteiger partial charge in [-0.1, -0.05) is 23.7 Å². The highest BCUT2D eigenvalue weighted by atomic mass is 35.5. The van der Waals surface area contributed by atoms with Crippen molar-refractivity contribution in [1.29, 1.82) is 0 Å². The van der Waals surface area contributed by atoms with E-state index in [1.807, 2.05) is 38.1 Å². The summed E-state index contributed by atoms with van der Waals surface area (Å²) in [6, 6.07) is 7.64. The van der Waals surface area contributed by atoms with Crippen LogP contribution in [0.3, 0.4) is 0 Å². The fourth-order valence-electron chi connectivity index (χ4n) is 1.86. The zero-order valence-corrected chi connectivity index (χ0v) is 11.1. The van der Waals surface area contributed by atoms with Gasteiger partial charge in [0.05, 0.1) is 5.69 Å². The van der Waals surface area contributed by atoms with Gasteiger partial charge in [-0.05, 0) is 42.7 Å². The minimum Gasteiger partial charge on any atom is -0.507 e. The summed E-state index contributed by atoms with van der Waals surface area (Å²) in [6.07, 6.45) is 1.66. The first-order valence-electron chi connectivity index (χ1n) is 5.71. The van der Waals surface area contributed by atoms with Crippen molar-refractivity contribution in [2.24, 2.45) is 0 Å². The van der Waals surface area contributed by atoms with Gasteiger partial charge in [0.25, 0.3) is 0 Å². The summed E-state index contributed by atoms with van der Waals surface area (Å²) in [6.45, 7) is 4.43. The lowest BCUT2D eigenvalue weighted by Crippen LogP contribution is -2.01. The molecule has 1 aromatic heterocycles. The Morgan fingerprint density at radius 2 is 1.94 bits per heavy atom. The third-order valence-corrected chi connectivity index (χ3v) is 3.09. The van der Waals surface area contributed by atoms with E-state index in [4.69, 9.17) is 11.6 Å². The molecular formula is C14H15ClN2O. The lowest BCUT2D eigenvalue weighted by Gasteiger charge is -2.10. The van der Waals surface area contributed by atoms with Crippen LogP contribution < -0.4 is 5.32 Å². The van der Waals surface area contributed by atoms with E-state index >= 15 is 0 Å². The second-order valence-electron chi connectivity index (χ2n) is 4.27. The first-order valence-corrected chi connectivity index (χ1v) is 6.09. The molecule has 0 aliphatic rings. The SMILES string of the molecule is Cc1cc(CNc2cccnc2Cl)cc(C)c1O. The van der Waals surface area contributed by atoms with E-state index in [9.17, 15) is 5.11 Å². The number of benzene rings is 1. The molecule has 1 heterocycles. The maximum Gasteiger partial charge on any atom is 0.152 e. The zero-order valence-electron chi connectivity index (χ0n) is 10.4. The number of aryl methyl sites for hydroxylation is 2. The Morgan fingerprint density at radius 3 is 2.56 bits per heavy atom. The summed E-state index contributed by atoms with van der Waals surface area (Å²) in [7, 11) is 0. The average Bonchev–Trinajstić information content (AvgIpc) is 2.35. The lowest BCUT2D eigenvalue weighted by atomic mass is 10.1. The first kappa shape index (κ1) is 12.7. The molecule has 0 bridgehead atoms. The van der Waals surface area contributed by atoms with Crippen molar-refractivity contribution in [3.05, 3.63) is 52.3 Å². The van der Waals surface area contributed by atoms with Crippen LogP contribution in [0.5, 0.6) is 5.75 Å². The fourth-order valence-corrected chi connectivity index (χ4v) is 2.05. The van der Waals surface area contributed by atoms with E-state index in [1.165, 1.54) is 0 Å². The van der Waals surface area contributed by atoms with Crippen LogP contribution in [-0.2, 0) is 6.54 Å². The van der Waals surface area contributed by atoms with Gasteiger partial charge in [-0.25, -0.2) is 4.98 Å². The number of hydrogen-bond donors (Lipinski definition) is 2. The van der Waals surface area contributed by atoms with E-state index in [-0.39, 0.29) is 0 Å². The molecule has 0 aliphatic carbocycles. The molecule has 94 valence electrons. The Labute approximate surface area is 111 Å². The summed E-state index contributed by atoms with van der Waals surface area (Å²) < 4.78 is 0. The van der Waals surface area contributed by atoms with Crippen LogP contribution in [0.1, 0.15) is 16.7 Å². The Bertz CT molecular complexity index is 546. The molecule has 0 unspecified atom stereocenters. The lowest BCUT2D eigenvalue weighted by molar-refractivity contribution is 0.466. The number of phenolic OH excluding ortho intramolecular Hbond substituents is 1. The number of nitrogens with zero attached hydrogens (tertiary/aromatic N) is 1. The molecule has 4 heteroatoms. The molecule has 2 rings (SSSR count). The highest BCUT2D eigenvalue weighted by Gasteiger charge is 2.04. The topological polar surface area (TPSA) is 45.2 Å². The zero-order chi connectivity index (χ0) is 13.1. The maximum atomic E-state index is 9.71. The molecule has 0 aliphatic heterocycles. The van der Waals surface area contributed by atoms with Crippen LogP contribution in [0.2, 0.25) is 5.15 Å². The molecule has 0 saturated carbocycles. The molecule has 0 fully saturated rings. The summed E-state index contributed by atoms with van der Waals surface area (Å²) in [5.74, 6) is 0.359. The molecule has 2 N–H and O–H groups in total. The van der Waals surface area contributed by atoms with Crippen LogP contribution in [0.25, 0.3) is 0 Å². The molecule has 1 aromatic carbocycles. The van der Waals surface area contributed by atoms with Crippen molar-refractivity contribution in [3.63, 3.8) is 0 Å². The van der Waals surface area contributed by atoms with Gasteiger partial charge in [0.15, 0.2) is 5.15 Å². The van der Waals surface area contributed by atoms with E-state index in [1.54, 1.807) is 6.20 Å². The Morgan fingerprint density at radius 1 is 1.28 bits per heavy atom.